The van der Waals surface area contributed by atoms with E-state index in [0.717, 1.165) is 33.8 Å². The van der Waals surface area contributed by atoms with Crippen LogP contribution in [0, 0.1) is 0 Å². The molecule has 1 N–H and O–H groups in total. The molecule has 0 radical (unpaired) electrons. The van der Waals surface area contributed by atoms with Gasteiger partial charge in [-0.2, -0.15) is 5.10 Å². The number of para-hydroxylation sites is 2. The second-order valence-corrected chi connectivity index (χ2v) is 8.29. The standard InChI is InChI=1S/C23H25N5O2S/c1-3-16(14-28-23(30)12-11-18(26-28)20-10-7-13-31-20)24-22(29)15-27-19-9-6-5-8-17(19)25-21(27)4-2/h5-13,16H,3-4,14-15H2,1-2H3,(H,24,29)/t16-/m0/s1. The number of hydrogen-bond acceptors (Lipinski definition) is 5. The van der Waals surface area contributed by atoms with Crippen LogP contribution in [0.15, 0.2) is 58.7 Å². The highest BCUT2D eigenvalue weighted by Crippen LogP contribution is 2.21. The quantitative estimate of drug-likeness (QED) is 0.459. The number of aryl methyl sites for hydroxylation is 1. The number of carbonyl (C=O) groups is 1. The first-order valence-corrected chi connectivity index (χ1v) is 11.3. The number of aromatic nitrogens is 4. The fourth-order valence-corrected chi connectivity index (χ4v) is 4.30. The average molecular weight is 436 g/mol. The third-order valence-corrected chi connectivity index (χ3v) is 6.14. The van der Waals surface area contributed by atoms with Gasteiger partial charge in [0, 0.05) is 18.5 Å². The van der Waals surface area contributed by atoms with Gasteiger partial charge in [0.2, 0.25) is 5.91 Å². The number of rotatable bonds is 8. The molecule has 0 saturated carbocycles. The first kappa shape index (κ1) is 21.0. The molecule has 3 heterocycles. The van der Waals surface area contributed by atoms with Gasteiger partial charge in [-0.1, -0.05) is 32.0 Å². The van der Waals surface area contributed by atoms with Crippen LogP contribution < -0.4 is 10.9 Å². The lowest BCUT2D eigenvalue weighted by Gasteiger charge is -2.18. The molecule has 4 aromatic rings. The Morgan fingerprint density at radius 1 is 1.13 bits per heavy atom. The molecular weight excluding hydrogens is 410 g/mol. The largest absolute Gasteiger partial charge is 0.350 e. The first-order valence-electron chi connectivity index (χ1n) is 10.4. The van der Waals surface area contributed by atoms with Crippen molar-refractivity contribution in [2.75, 3.05) is 0 Å². The van der Waals surface area contributed by atoms with Gasteiger partial charge in [0.1, 0.15) is 18.1 Å². The van der Waals surface area contributed by atoms with Gasteiger partial charge in [-0.25, -0.2) is 9.67 Å². The van der Waals surface area contributed by atoms with E-state index >= 15 is 0 Å². The highest BCUT2D eigenvalue weighted by atomic mass is 32.1. The fraction of sp³-hybridized carbons (Fsp3) is 0.304. The van der Waals surface area contributed by atoms with Gasteiger partial charge in [-0.15, -0.1) is 11.3 Å². The molecule has 8 heteroatoms. The van der Waals surface area contributed by atoms with E-state index in [1.807, 2.05) is 60.2 Å². The Balaban J connectivity index is 1.50. The Labute approximate surface area is 184 Å². The van der Waals surface area contributed by atoms with Gasteiger partial charge >= 0.3 is 0 Å². The van der Waals surface area contributed by atoms with Crippen molar-refractivity contribution in [2.45, 2.75) is 45.8 Å². The number of thiophene rings is 1. The van der Waals surface area contributed by atoms with Crippen molar-refractivity contribution in [2.24, 2.45) is 0 Å². The molecule has 4 rings (SSSR count). The van der Waals surface area contributed by atoms with Gasteiger partial charge in [-0.3, -0.25) is 9.59 Å². The molecule has 0 aliphatic heterocycles. The van der Waals surface area contributed by atoms with E-state index in [4.69, 9.17) is 0 Å². The molecule has 31 heavy (non-hydrogen) atoms. The number of imidazole rings is 1. The number of nitrogens with one attached hydrogen (secondary N) is 1. The van der Waals surface area contributed by atoms with Crippen molar-refractivity contribution < 1.29 is 4.79 Å². The van der Waals surface area contributed by atoms with Gasteiger partial charge < -0.3 is 9.88 Å². The van der Waals surface area contributed by atoms with Crippen molar-refractivity contribution in [1.82, 2.24) is 24.6 Å². The summed E-state index contributed by atoms with van der Waals surface area (Å²) in [5.41, 5.74) is 2.42. The summed E-state index contributed by atoms with van der Waals surface area (Å²) in [6.45, 7) is 4.54. The van der Waals surface area contributed by atoms with E-state index in [2.05, 4.69) is 15.4 Å². The number of benzene rings is 1. The maximum Gasteiger partial charge on any atom is 0.266 e. The molecular formula is C23H25N5O2S. The zero-order chi connectivity index (χ0) is 21.8. The average Bonchev–Trinajstić information content (AvgIpc) is 3.43. The number of fused-ring (bicyclic) bond motifs is 1. The van der Waals surface area contributed by atoms with Crippen LogP contribution in [-0.4, -0.2) is 31.3 Å². The molecule has 0 bridgehead atoms. The lowest BCUT2D eigenvalue weighted by molar-refractivity contribution is -0.122. The lowest BCUT2D eigenvalue weighted by Crippen LogP contribution is -2.41. The fourth-order valence-electron chi connectivity index (χ4n) is 3.61. The van der Waals surface area contributed by atoms with Crippen molar-refractivity contribution in [3.63, 3.8) is 0 Å². The Morgan fingerprint density at radius 3 is 2.71 bits per heavy atom. The summed E-state index contributed by atoms with van der Waals surface area (Å²) < 4.78 is 3.40. The second kappa shape index (κ2) is 9.26. The highest BCUT2D eigenvalue weighted by Gasteiger charge is 2.16. The van der Waals surface area contributed by atoms with Crippen LogP contribution in [0.5, 0.6) is 0 Å². The molecule has 0 fully saturated rings. The van der Waals surface area contributed by atoms with Crippen LogP contribution in [0.4, 0.5) is 0 Å². The second-order valence-electron chi connectivity index (χ2n) is 7.35. The third-order valence-electron chi connectivity index (χ3n) is 5.24. The van der Waals surface area contributed by atoms with E-state index in [1.54, 1.807) is 17.4 Å². The topological polar surface area (TPSA) is 81.8 Å². The van der Waals surface area contributed by atoms with E-state index in [0.29, 0.717) is 13.0 Å². The third kappa shape index (κ3) is 4.59. The predicted octanol–water partition coefficient (Wildman–Crippen LogP) is 3.48. The van der Waals surface area contributed by atoms with Crippen LogP contribution in [0.2, 0.25) is 0 Å². The summed E-state index contributed by atoms with van der Waals surface area (Å²) in [4.78, 5) is 30.8. The Morgan fingerprint density at radius 2 is 1.97 bits per heavy atom. The number of hydrogen-bond donors (Lipinski definition) is 1. The van der Waals surface area contributed by atoms with Crippen LogP contribution in [0.1, 0.15) is 26.1 Å². The Bertz CT molecular complexity index is 1240. The predicted molar refractivity (Wildman–Crippen MR) is 123 cm³/mol. The summed E-state index contributed by atoms with van der Waals surface area (Å²) in [7, 11) is 0. The van der Waals surface area contributed by atoms with E-state index < -0.39 is 0 Å². The molecule has 1 aromatic carbocycles. The Kier molecular flexibility index (Phi) is 6.27. The molecule has 0 aliphatic carbocycles. The molecule has 1 atom stereocenters. The maximum atomic E-state index is 12.9. The van der Waals surface area contributed by atoms with Crippen LogP contribution >= 0.6 is 11.3 Å². The van der Waals surface area contributed by atoms with Crippen molar-refractivity contribution >= 4 is 28.3 Å². The van der Waals surface area contributed by atoms with E-state index in [9.17, 15) is 9.59 Å². The summed E-state index contributed by atoms with van der Waals surface area (Å²) in [6, 6.07) is 14.8. The maximum absolute atomic E-state index is 12.9. The Hall–Kier alpha value is -3.26. The van der Waals surface area contributed by atoms with Gasteiger partial charge in [0.25, 0.3) is 5.56 Å². The molecule has 0 spiro atoms. The molecule has 0 saturated heterocycles. The van der Waals surface area contributed by atoms with Crippen LogP contribution in [-0.2, 0) is 24.3 Å². The molecule has 160 valence electrons. The summed E-state index contributed by atoms with van der Waals surface area (Å²) >= 11 is 1.58. The molecule has 1 amide bonds. The first-order chi connectivity index (χ1) is 15.1. The van der Waals surface area contributed by atoms with Crippen molar-refractivity contribution in [3.05, 3.63) is 70.1 Å². The zero-order valence-electron chi connectivity index (χ0n) is 17.6. The summed E-state index contributed by atoms with van der Waals surface area (Å²) in [6.07, 6.45) is 1.43. The molecule has 0 aliphatic rings. The van der Waals surface area contributed by atoms with E-state index in [-0.39, 0.29) is 24.1 Å². The van der Waals surface area contributed by atoms with Gasteiger partial charge in [-0.05, 0) is 36.1 Å². The lowest BCUT2D eigenvalue weighted by atomic mass is 10.2. The minimum atomic E-state index is -0.198. The molecule has 0 unspecified atom stereocenters. The SMILES string of the molecule is CCc1nc2ccccc2n1CC(=O)N[C@@H](CC)Cn1nc(-c2cccs2)ccc1=O. The smallest absolute Gasteiger partial charge is 0.266 e. The van der Waals surface area contributed by atoms with Crippen LogP contribution in [0.3, 0.4) is 0 Å². The normalized spacial score (nSPS) is 12.2. The molecule has 3 aromatic heterocycles. The zero-order valence-corrected chi connectivity index (χ0v) is 18.4. The minimum Gasteiger partial charge on any atom is -0.350 e. The minimum absolute atomic E-state index is 0.104. The number of carbonyl (C=O) groups excluding carboxylic acids is 1. The van der Waals surface area contributed by atoms with Crippen molar-refractivity contribution in [3.8, 4) is 10.6 Å². The number of amides is 1. The monoisotopic (exact) mass is 435 g/mol. The van der Waals surface area contributed by atoms with E-state index in [1.165, 1.54) is 10.7 Å². The van der Waals surface area contributed by atoms with Crippen LogP contribution in [0.25, 0.3) is 21.6 Å². The summed E-state index contributed by atoms with van der Waals surface area (Å²) in [5, 5.41) is 9.55. The summed E-state index contributed by atoms with van der Waals surface area (Å²) in [5.74, 6) is 0.776. The molecule has 7 nitrogen and oxygen atoms in total. The number of nitrogens with zero attached hydrogens (tertiary/aromatic N) is 4. The van der Waals surface area contributed by atoms with Crippen molar-refractivity contribution in [1.29, 1.82) is 0 Å². The van der Waals surface area contributed by atoms with Gasteiger partial charge in [0.05, 0.1) is 22.5 Å². The highest BCUT2D eigenvalue weighted by molar-refractivity contribution is 7.13. The van der Waals surface area contributed by atoms with Gasteiger partial charge in [0.15, 0.2) is 0 Å².